The number of benzene rings is 1. The van der Waals surface area contributed by atoms with E-state index >= 15 is 0 Å². The molecular weight excluding hydrogens is 373 g/mol. The van der Waals surface area contributed by atoms with E-state index < -0.39 is 0 Å². The third-order valence-electron chi connectivity index (χ3n) is 5.24. The molecule has 0 bridgehead atoms. The van der Waals surface area contributed by atoms with E-state index in [1.165, 1.54) is 5.56 Å². The van der Waals surface area contributed by atoms with Crippen LogP contribution in [0.15, 0.2) is 30.3 Å². The van der Waals surface area contributed by atoms with Gasteiger partial charge in [0.1, 0.15) is 0 Å². The van der Waals surface area contributed by atoms with Crippen LogP contribution in [-0.4, -0.2) is 48.7 Å². The van der Waals surface area contributed by atoms with Gasteiger partial charge in [-0.05, 0) is 18.4 Å². The Kier molecular flexibility index (Phi) is 9.90. The van der Waals surface area contributed by atoms with Crippen LogP contribution in [0.3, 0.4) is 0 Å². The summed E-state index contributed by atoms with van der Waals surface area (Å²) in [5, 5.41) is 3.19. The van der Waals surface area contributed by atoms with Crippen molar-refractivity contribution in [2.24, 2.45) is 5.73 Å². The SMILES string of the molecule is Cl.Cl.NCC1(NC(=O)CC2CN(Cc3ccccc3)CCO2)CCCC1. The van der Waals surface area contributed by atoms with Gasteiger partial charge in [-0.1, -0.05) is 43.2 Å². The van der Waals surface area contributed by atoms with Gasteiger partial charge in [0.15, 0.2) is 0 Å². The highest BCUT2D eigenvalue weighted by molar-refractivity contribution is 5.85. The Labute approximate surface area is 168 Å². The van der Waals surface area contributed by atoms with Crippen molar-refractivity contribution in [3.8, 4) is 0 Å². The van der Waals surface area contributed by atoms with Gasteiger partial charge in [0, 0.05) is 26.2 Å². The lowest BCUT2D eigenvalue weighted by atomic mass is 9.97. The minimum Gasteiger partial charge on any atom is -0.375 e. The monoisotopic (exact) mass is 403 g/mol. The van der Waals surface area contributed by atoms with E-state index in [-0.39, 0.29) is 42.4 Å². The predicted octanol–water partition coefficient (Wildman–Crippen LogP) is 2.51. The molecule has 0 aromatic heterocycles. The number of nitrogens with zero attached hydrogens (tertiary/aromatic N) is 1. The first-order valence-corrected chi connectivity index (χ1v) is 9.08. The normalized spacial score (nSPS) is 22.1. The maximum absolute atomic E-state index is 12.4. The average Bonchev–Trinajstić information content (AvgIpc) is 3.05. The Hall–Kier alpha value is -0.850. The van der Waals surface area contributed by atoms with Gasteiger partial charge in [-0.3, -0.25) is 9.69 Å². The van der Waals surface area contributed by atoms with Crippen LogP contribution in [-0.2, 0) is 16.1 Å². The molecule has 1 amide bonds. The van der Waals surface area contributed by atoms with Crippen LogP contribution < -0.4 is 11.1 Å². The lowest BCUT2D eigenvalue weighted by molar-refractivity contribution is -0.128. The number of carbonyl (C=O) groups excluding carboxylic acids is 1. The van der Waals surface area contributed by atoms with Crippen molar-refractivity contribution in [1.29, 1.82) is 0 Å². The number of nitrogens with one attached hydrogen (secondary N) is 1. The highest BCUT2D eigenvalue weighted by atomic mass is 35.5. The summed E-state index contributed by atoms with van der Waals surface area (Å²) >= 11 is 0. The number of nitrogens with two attached hydrogens (primary N) is 1. The summed E-state index contributed by atoms with van der Waals surface area (Å²) < 4.78 is 5.81. The molecule has 1 saturated carbocycles. The minimum absolute atomic E-state index is 0. The summed E-state index contributed by atoms with van der Waals surface area (Å²) in [4.78, 5) is 14.8. The number of amides is 1. The van der Waals surface area contributed by atoms with Gasteiger partial charge in [0.25, 0.3) is 0 Å². The second kappa shape index (κ2) is 11.1. The smallest absolute Gasteiger partial charge is 0.223 e. The van der Waals surface area contributed by atoms with Crippen LogP contribution in [0.2, 0.25) is 0 Å². The van der Waals surface area contributed by atoms with Crippen LogP contribution >= 0.6 is 24.8 Å². The highest BCUT2D eigenvalue weighted by Gasteiger charge is 2.34. The maximum atomic E-state index is 12.4. The maximum Gasteiger partial charge on any atom is 0.223 e. The summed E-state index contributed by atoms with van der Waals surface area (Å²) in [6.07, 6.45) is 4.71. The molecule has 3 rings (SSSR count). The van der Waals surface area contributed by atoms with Gasteiger partial charge in [-0.2, -0.15) is 0 Å². The summed E-state index contributed by atoms with van der Waals surface area (Å²) in [6.45, 7) is 3.85. The van der Waals surface area contributed by atoms with Crippen molar-refractivity contribution in [1.82, 2.24) is 10.2 Å². The molecule has 0 radical (unpaired) electrons. The summed E-state index contributed by atoms with van der Waals surface area (Å²) in [5.74, 6) is 0.0777. The lowest BCUT2D eigenvalue weighted by Crippen LogP contribution is -2.53. The second-order valence-corrected chi connectivity index (χ2v) is 7.16. The fraction of sp³-hybridized carbons (Fsp3) is 0.632. The summed E-state index contributed by atoms with van der Waals surface area (Å²) in [6, 6.07) is 10.4. The van der Waals surface area contributed by atoms with Gasteiger partial charge >= 0.3 is 0 Å². The topological polar surface area (TPSA) is 67.6 Å². The molecule has 1 unspecified atom stereocenters. The van der Waals surface area contributed by atoms with Crippen LogP contribution in [0.1, 0.15) is 37.7 Å². The van der Waals surface area contributed by atoms with Crippen molar-refractivity contribution in [2.75, 3.05) is 26.2 Å². The number of carbonyl (C=O) groups is 1. The second-order valence-electron chi connectivity index (χ2n) is 7.16. The van der Waals surface area contributed by atoms with Gasteiger partial charge in [-0.25, -0.2) is 0 Å². The third-order valence-corrected chi connectivity index (χ3v) is 5.24. The number of rotatable bonds is 6. The van der Waals surface area contributed by atoms with Crippen LogP contribution in [0.25, 0.3) is 0 Å². The molecule has 26 heavy (non-hydrogen) atoms. The molecule has 3 N–H and O–H groups in total. The zero-order chi connectivity index (χ0) is 16.8. The van der Waals surface area contributed by atoms with Crippen molar-refractivity contribution in [3.05, 3.63) is 35.9 Å². The van der Waals surface area contributed by atoms with Gasteiger partial charge in [-0.15, -0.1) is 24.8 Å². The standard InChI is InChI=1S/C19H29N3O2.2ClH/c20-15-19(8-4-5-9-19)21-18(23)12-17-14-22(10-11-24-17)13-16-6-2-1-3-7-16;;/h1-3,6-7,17H,4-5,8-15,20H2,(H,21,23);2*1H. The molecule has 2 fully saturated rings. The van der Waals surface area contributed by atoms with Crippen LogP contribution in [0.5, 0.6) is 0 Å². The van der Waals surface area contributed by atoms with E-state index in [1.54, 1.807) is 0 Å². The largest absolute Gasteiger partial charge is 0.375 e. The first-order chi connectivity index (χ1) is 11.7. The molecule has 148 valence electrons. The first kappa shape index (κ1) is 23.2. The Morgan fingerprint density at radius 2 is 1.92 bits per heavy atom. The zero-order valence-corrected chi connectivity index (χ0v) is 16.8. The van der Waals surface area contributed by atoms with Gasteiger partial charge in [0.05, 0.1) is 24.7 Å². The van der Waals surface area contributed by atoms with Crippen LogP contribution in [0.4, 0.5) is 0 Å². The Bertz CT molecular complexity index is 539. The van der Waals surface area contributed by atoms with E-state index in [4.69, 9.17) is 10.5 Å². The molecule has 1 aliphatic carbocycles. The fourth-order valence-corrected chi connectivity index (χ4v) is 3.87. The molecular formula is C19H31Cl2N3O2. The highest BCUT2D eigenvalue weighted by Crippen LogP contribution is 2.28. The van der Waals surface area contributed by atoms with E-state index in [2.05, 4.69) is 34.5 Å². The molecule has 1 aliphatic heterocycles. The molecule has 5 nitrogen and oxygen atoms in total. The number of morpholine rings is 1. The summed E-state index contributed by atoms with van der Waals surface area (Å²) in [5.41, 5.74) is 7.03. The van der Waals surface area contributed by atoms with E-state index in [0.717, 1.165) is 45.3 Å². The average molecular weight is 404 g/mol. The molecule has 7 heteroatoms. The summed E-state index contributed by atoms with van der Waals surface area (Å²) in [7, 11) is 0. The number of hydrogen-bond donors (Lipinski definition) is 2. The quantitative estimate of drug-likeness (QED) is 0.765. The number of halogens is 2. The van der Waals surface area contributed by atoms with Crippen molar-refractivity contribution >= 4 is 30.7 Å². The Morgan fingerprint density at radius 1 is 1.23 bits per heavy atom. The number of hydrogen-bond acceptors (Lipinski definition) is 4. The lowest BCUT2D eigenvalue weighted by Gasteiger charge is -2.34. The first-order valence-electron chi connectivity index (χ1n) is 9.08. The van der Waals surface area contributed by atoms with E-state index in [9.17, 15) is 4.79 Å². The fourth-order valence-electron chi connectivity index (χ4n) is 3.87. The molecule has 1 atom stereocenters. The Morgan fingerprint density at radius 3 is 2.58 bits per heavy atom. The molecule has 1 heterocycles. The van der Waals surface area contributed by atoms with E-state index in [0.29, 0.717) is 19.6 Å². The predicted molar refractivity (Wildman–Crippen MR) is 109 cm³/mol. The molecule has 1 aromatic carbocycles. The molecule has 1 saturated heterocycles. The number of ether oxygens (including phenoxy) is 1. The van der Waals surface area contributed by atoms with Crippen molar-refractivity contribution < 1.29 is 9.53 Å². The third kappa shape index (κ3) is 6.39. The zero-order valence-electron chi connectivity index (χ0n) is 15.2. The molecule has 1 aromatic rings. The van der Waals surface area contributed by atoms with Crippen molar-refractivity contribution in [2.45, 2.75) is 50.3 Å². The molecule has 2 aliphatic rings. The molecule has 0 spiro atoms. The van der Waals surface area contributed by atoms with Gasteiger partial charge < -0.3 is 15.8 Å². The Balaban J connectivity index is 0.00000169. The van der Waals surface area contributed by atoms with E-state index in [1.807, 2.05) is 6.07 Å². The van der Waals surface area contributed by atoms with Crippen molar-refractivity contribution in [3.63, 3.8) is 0 Å². The van der Waals surface area contributed by atoms with Crippen LogP contribution in [0, 0.1) is 0 Å². The van der Waals surface area contributed by atoms with Gasteiger partial charge in [0.2, 0.25) is 5.91 Å². The minimum atomic E-state index is -0.171.